The summed E-state index contributed by atoms with van der Waals surface area (Å²) >= 11 is 0. The fraction of sp³-hybridized carbons (Fsp3) is 0.750. The van der Waals surface area contributed by atoms with Crippen LogP contribution in [0.5, 0.6) is 0 Å². The van der Waals surface area contributed by atoms with E-state index >= 15 is 0 Å². The van der Waals surface area contributed by atoms with Crippen molar-refractivity contribution >= 4 is 0 Å². The van der Waals surface area contributed by atoms with Gasteiger partial charge in [0.05, 0.1) is 0 Å². The number of hydrogen-bond acceptors (Lipinski definition) is 0. The van der Waals surface area contributed by atoms with Crippen LogP contribution in [-0.4, -0.2) is 0 Å². The third-order valence-corrected chi connectivity index (χ3v) is 3.07. The molecule has 0 heterocycles. The largest absolute Gasteiger partial charge is 0.0882 e. The second-order valence-electron chi connectivity index (χ2n) is 3.40. The lowest BCUT2D eigenvalue weighted by Crippen LogP contribution is -1.93. The Morgan fingerprint density at radius 3 is 3.00 bits per heavy atom. The van der Waals surface area contributed by atoms with Crippen molar-refractivity contribution in [2.45, 2.75) is 12.8 Å². The minimum atomic E-state index is 1.07. The van der Waals surface area contributed by atoms with Crippen LogP contribution in [-0.2, 0) is 0 Å². The Morgan fingerprint density at radius 2 is 2.12 bits per heavy atom. The van der Waals surface area contributed by atoms with E-state index in [0.717, 1.165) is 5.92 Å². The Hall–Kier alpha value is -0.260. The maximum atomic E-state index is 2.44. The molecule has 0 nitrogen and oxygen atoms in total. The first-order valence-corrected chi connectivity index (χ1v) is 3.65. The van der Waals surface area contributed by atoms with Crippen LogP contribution in [0, 0.1) is 23.7 Å². The zero-order valence-electron chi connectivity index (χ0n) is 4.88. The van der Waals surface area contributed by atoms with Gasteiger partial charge in [0.15, 0.2) is 0 Å². The van der Waals surface area contributed by atoms with E-state index in [2.05, 4.69) is 12.2 Å². The van der Waals surface area contributed by atoms with Gasteiger partial charge in [0, 0.05) is 0 Å². The van der Waals surface area contributed by atoms with Gasteiger partial charge in [-0.1, -0.05) is 12.2 Å². The topological polar surface area (TPSA) is 0 Å². The second kappa shape index (κ2) is 0.896. The summed E-state index contributed by atoms with van der Waals surface area (Å²) in [7, 11) is 0. The van der Waals surface area contributed by atoms with Crippen molar-refractivity contribution in [3.05, 3.63) is 12.2 Å². The predicted molar refractivity (Wildman–Crippen MR) is 32.3 cm³/mol. The first-order chi connectivity index (χ1) is 3.98. The van der Waals surface area contributed by atoms with Gasteiger partial charge < -0.3 is 0 Å². The van der Waals surface area contributed by atoms with E-state index in [1.165, 1.54) is 30.6 Å². The fourth-order valence-corrected chi connectivity index (χ4v) is 2.42. The van der Waals surface area contributed by atoms with Crippen molar-refractivity contribution in [3.63, 3.8) is 0 Å². The standard InChI is InChI=1S/C8H10/c1-2-4-6-7-5(3-1)8(6)7/h1,3,5-8H,2,4H2. The Bertz CT molecular complexity index is 147. The predicted octanol–water partition coefficient (Wildman–Crippen LogP) is 1.83. The van der Waals surface area contributed by atoms with Crippen molar-refractivity contribution in [1.29, 1.82) is 0 Å². The maximum absolute atomic E-state index is 2.44. The summed E-state index contributed by atoms with van der Waals surface area (Å²) < 4.78 is 0. The zero-order valence-corrected chi connectivity index (χ0v) is 4.88. The van der Waals surface area contributed by atoms with Crippen molar-refractivity contribution in [2.75, 3.05) is 0 Å². The number of hydrogen-bond donors (Lipinski definition) is 0. The van der Waals surface area contributed by atoms with E-state index in [1.807, 2.05) is 0 Å². The number of fused-ring (bicyclic) bond motifs is 2. The monoisotopic (exact) mass is 106 g/mol. The van der Waals surface area contributed by atoms with Crippen LogP contribution in [0.1, 0.15) is 12.8 Å². The van der Waals surface area contributed by atoms with E-state index in [4.69, 9.17) is 0 Å². The Morgan fingerprint density at radius 1 is 1.25 bits per heavy atom. The number of rotatable bonds is 0. The van der Waals surface area contributed by atoms with Crippen LogP contribution in [0.2, 0.25) is 0 Å². The number of allylic oxidation sites excluding steroid dienone is 2. The quantitative estimate of drug-likeness (QED) is 0.413. The molecule has 4 aliphatic carbocycles. The van der Waals surface area contributed by atoms with Crippen LogP contribution >= 0.6 is 0 Å². The van der Waals surface area contributed by atoms with E-state index in [-0.39, 0.29) is 0 Å². The van der Waals surface area contributed by atoms with Crippen molar-refractivity contribution in [2.24, 2.45) is 23.7 Å². The van der Waals surface area contributed by atoms with E-state index in [0.29, 0.717) is 0 Å². The zero-order chi connectivity index (χ0) is 5.14. The summed E-state index contributed by atoms with van der Waals surface area (Å²) in [6.45, 7) is 0. The Balaban J connectivity index is 1.96. The van der Waals surface area contributed by atoms with E-state index < -0.39 is 0 Å². The highest BCUT2D eigenvalue weighted by molar-refractivity contribution is 5.27. The van der Waals surface area contributed by atoms with Gasteiger partial charge in [-0.15, -0.1) is 0 Å². The van der Waals surface area contributed by atoms with E-state index in [9.17, 15) is 0 Å². The average molecular weight is 106 g/mol. The van der Waals surface area contributed by atoms with Gasteiger partial charge in [0.2, 0.25) is 0 Å². The summed E-state index contributed by atoms with van der Waals surface area (Å²) in [5.74, 6) is 4.64. The molecular formula is C8H10. The average Bonchev–Trinajstić information content (AvgIpc) is 2.59. The van der Waals surface area contributed by atoms with Gasteiger partial charge in [-0.2, -0.15) is 0 Å². The molecular weight excluding hydrogens is 96.1 g/mol. The van der Waals surface area contributed by atoms with Gasteiger partial charge in [-0.3, -0.25) is 0 Å². The molecule has 0 amide bonds. The summed E-state index contributed by atoms with van der Waals surface area (Å²) in [4.78, 5) is 0. The third kappa shape index (κ3) is 0.249. The van der Waals surface area contributed by atoms with Crippen LogP contribution in [0.25, 0.3) is 0 Å². The van der Waals surface area contributed by atoms with Gasteiger partial charge >= 0.3 is 0 Å². The summed E-state index contributed by atoms with van der Waals surface area (Å²) in [5.41, 5.74) is 0. The third-order valence-electron chi connectivity index (χ3n) is 3.07. The van der Waals surface area contributed by atoms with Crippen LogP contribution in [0.3, 0.4) is 0 Å². The molecule has 8 heavy (non-hydrogen) atoms. The Labute approximate surface area is 49.6 Å². The van der Waals surface area contributed by atoms with E-state index in [1.54, 1.807) is 0 Å². The smallest absolute Gasteiger partial charge is 0.0165 e. The van der Waals surface area contributed by atoms with Gasteiger partial charge in [-0.25, -0.2) is 0 Å². The Kier molecular flexibility index (Phi) is 0.415. The lowest BCUT2D eigenvalue weighted by Gasteiger charge is -1.99. The van der Waals surface area contributed by atoms with Crippen molar-refractivity contribution in [1.82, 2.24) is 0 Å². The molecule has 2 fully saturated rings. The first kappa shape index (κ1) is 3.71. The summed E-state index contributed by atoms with van der Waals surface area (Å²) in [5, 5.41) is 0. The molecule has 0 aromatic heterocycles. The lowest BCUT2D eigenvalue weighted by molar-refractivity contribution is 0.524. The SMILES string of the molecule is C1=CC2C3C(CC1)C23. The highest BCUT2D eigenvalue weighted by Crippen LogP contribution is 2.75. The molecule has 2 atom stereocenters. The molecule has 0 spiro atoms. The fourth-order valence-electron chi connectivity index (χ4n) is 2.42. The maximum Gasteiger partial charge on any atom is -0.0165 e. The molecule has 2 saturated carbocycles. The highest BCUT2D eigenvalue weighted by Gasteiger charge is 2.71. The molecule has 4 rings (SSSR count). The highest BCUT2D eigenvalue weighted by atomic mass is 14.8. The van der Waals surface area contributed by atoms with Gasteiger partial charge in [0.25, 0.3) is 0 Å². The second-order valence-corrected chi connectivity index (χ2v) is 3.40. The molecule has 0 radical (unpaired) electrons. The van der Waals surface area contributed by atoms with Gasteiger partial charge in [0.1, 0.15) is 0 Å². The molecule has 0 saturated heterocycles. The molecule has 0 aromatic carbocycles. The van der Waals surface area contributed by atoms with Crippen LogP contribution in [0.15, 0.2) is 12.2 Å². The van der Waals surface area contributed by atoms with Gasteiger partial charge in [-0.05, 0) is 36.5 Å². The summed E-state index contributed by atoms with van der Waals surface area (Å²) in [6.07, 6.45) is 7.69. The minimum Gasteiger partial charge on any atom is -0.0882 e. The lowest BCUT2D eigenvalue weighted by atomic mass is 10.1. The minimum absolute atomic E-state index is 1.07. The molecule has 0 aromatic rings. The molecule has 0 N–H and O–H groups in total. The molecule has 0 heteroatoms. The molecule has 0 aliphatic heterocycles. The van der Waals surface area contributed by atoms with Crippen LogP contribution < -0.4 is 0 Å². The van der Waals surface area contributed by atoms with Crippen molar-refractivity contribution in [3.8, 4) is 0 Å². The molecule has 4 aliphatic rings. The normalized spacial score (nSPS) is 64.0. The molecule has 42 valence electrons. The van der Waals surface area contributed by atoms with Crippen molar-refractivity contribution < 1.29 is 0 Å². The first-order valence-electron chi connectivity index (χ1n) is 3.65. The van der Waals surface area contributed by atoms with Crippen LogP contribution in [0.4, 0.5) is 0 Å². The molecule has 2 bridgehead atoms. The molecule has 2 unspecified atom stereocenters. The summed E-state index contributed by atoms with van der Waals surface area (Å²) in [6, 6.07) is 0.